The number of ketones is 1. The summed E-state index contributed by atoms with van der Waals surface area (Å²) in [6.45, 7) is 8.30. The van der Waals surface area contributed by atoms with Crippen LogP contribution in [0.3, 0.4) is 0 Å². The molecule has 1 atom stereocenters. The van der Waals surface area contributed by atoms with Crippen molar-refractivity contribution in [2.75, 3.05) is 33.2 Å². The molecule has 1 saturated heterocycles. The van der Waals surface area contributed by atoms with Gasteiger partial charge in [-0.25, -0.2) is 0 Å². The highest BCUT2D eigenvalue weighted by atomic mass is 16.1. The maximum atomic E-state index is 10.9. The summed E-state index contributed by atoms with van der Waals surface area (Å²) in [5, 5.41) is 0. The lowest BCUT2D eigenvalue weighted by molar-refractivity contribution is -0.117. The summed E-state index contributed by atoms with van der Waals surface area (Å²) in [7, 11) is 2.17. The molecule has 1 fully saturated rings. The highest BCUT2D eigenvalue weighted by molar-refractivity contribution is 5.75. The second-order valence-electron chi connectivity index (χ2n) is 4.45. The first-order chi connectivity index (χ1) is 6.59. The van der Waals surface area contributed by atoms with Gasteiger partial charge in [0.05, 0.1) is 0 Å². The molecule has 0 N–H and O–H groups in total. The van der Waals surface area contributed by atoms with Crippen molar-refractivity contribution in [3.8, 4) is 0 Å². The molecule has 14 heavy (non-hydrogen) atoms. The van der Waals surface area contributed by atoms with E-state index in [2.05, 4.69) is 23.8 Å². The second kappa shape index (κ2) is 5.47. The molecular weight excluding hydrogens is 176 g/mol. The monoisotopic (exact) mass is 198 g/mol. The van der Waals surface area contributed by atoms with Crippen LogP contribution in [0.25, 0.3) is 0 Å². The molecule has 0 saturated carbocycles. The predicted octanol–water partition coefficient (Wildman–Crippen LogP) is 0.991. The molecule has 3 heteroatoms. The van der Waals surface area contributed by atoms with Gasteiger partial charge >= 0.3 is 0 Å². The van der Waals surface area contributed by atoms with Crippen molar-refractivity contribution in [1.82, 2.24) is 9.80 Å². The molecule has 0 aromatic heterocycles. The third-order valence-corrected chi connectivity index (χ3v) is 2.94. The lowest BCUT2D eigenvalue weighted by atomic mass is 10.2. The minimum atomic E-state index is 0.301. The Bertz CT molecular complexity index is 194. The van der Waals surface area contributed by atoms with E-state index < -0.39 is 0 Å². The highest BCUT2D eigenvalue weighted by Crippen LogP contribution is 2.08. The number of likely N-dealkylation sites (N-methyl/N-ethyl adjacent to an activating group) is 1. The van der Waals surface area contributed by atoms with Crippen molar-refractivity contribution in [1.29, 1.82) is 0 Å². The van der Waals surface area contributed by atoms with E-state index in [1.54, 1.807) is 6.92 Å². The Labute approximate surface area is 87.1 Å². The van der Waals surface area contributed by atoms with Crippen molar-refractivity contribution >= 4 is 5.78 Å². The number of rotatable bonds is 3. The Balaban J connectivity index is 2.38. The summed E-state index contributed by atoms with van der Waals surface area (Å²) in [4.78, 5) is 15.7. The van der Waals surface area contributed by atoms with Gasteiger partial charge in [0.2, 0.25) is 0 Å². The van der Waals surface area contributed by atoms with E-state index in [1.807, 2.05) is 0 Å². The maximum Gasteiger partial charge on any atom is 0.131 e. The minimum absolute atomic E-state index is 0.301. The standard InChI is InChI=1S/C11H22N2O/c1-10-9-12(3)6-4-7-13(10)8-5-11(2)14/h10H,4-9H2,1-3H3. The van der Waals surface area contributed by atoms with E-state index in [4.69, 9.17) is 0 Å². The van der Waals surface area contributed by atoms with Gasteiger partial charge < -0.3 is 4.90 Å². The number of carbonyl (C=O) groups excluding carboxylic acids is 1. The van der Waals surface area contributed by atoms with Crippen molar-refractivity contribution in [3.63, 3.8) is 0 Å². The highest BCUT2D eigenvalue weighted by Gasteiger charge is 2.19. The van der Waals surface area contributed by atoms with Gasteiger partial charge in [-0.15, -0.1) is 0 Å². The summed E-state index contributed by atoms with van der Waals surface area (Å²) in [5.74, 6) is 0.301. The van der Waals surface area contributed by atoms with Gasteiger partial charge in [0, 0.05) is 25.6 Å². The van der Waals surface area contributed by atoms with Crippen LogP contribution >= 0.6 is 0 Å². The molecule has 0 bridgehead atoms. The average molecular weight is 198 g/mol. The smallest absolute Gasteiger partial charge is 0.131 e. The van der Waals surface area contributed by atoms with Crippen molar-refractivity contribution in [3.05, 3.63) is 0 Å². The third-order valence-electron chi connectivity index (χ3n) is 2.94. The molecule has 3 nitrogen and oxygen atoms in total. The summed E-state index contributed by atoms with van der Waals surface area (Å²) in [6.07, 6.45) is 1.92. The van der Waals surface area contributed by atoms with Gasteiger partial charge in [0.15, 0.2) is 0 Å². The number of hydrogen-bond donors (Lipinski definition) is 0. The Hall–Kier alpha value is -0.410. The van der Waals surface area contributed by atoms with E-state index in [9.17, 15) is 4.79 Å². The largest absolute Gasteiger partial charge is 0.305 e. The normalized spacial score (nSPS) is 26.1. The quantitative estimate of drug-likeness (QED) is 0.675. The second-order valence-corrected chi connectivity index (χ2v) is 4.45. The number of hydrogen-bond acceptors (Lipinski definition) is 3. The molecule has 0 aliphatic carbocycles. The number of carbonyl (C=O) groups is 1. The molecule has 0 spiro atoms. The van der Waals surface area contributed by atoms with Gasteiger partial charge in [0.25, 0.3) is 0 Å². The summed E-state index contributed by atoms with van der Waals surface area (Å²) >= 11 is 0. The van der Waals surface area contributed by atoms with Crippen LogP contribution in [0, 0.1) is 0 Å². The number of nitrogens with zero attached hydrogens (tertiary/aromatic N) is 2. The Kier molecular flexibility index (Phi) is 4.55. The Morgan fingerprint density at radius 2 is 2.14 bits per heavy atom. The molecule has 82 valence electrons. The van der Waals surface area contributed by atoms with Gasteiger partial charge in [-0.1, -0.05) is 0 Å². The van der Waals surface area contributed by atoms with Crippen LogP contribution in [-0.2, 0) is 4.79 Å². The zero-order valence-electron chi connectivity index (χ0n) is 9.62. The van der Waals surface area contributed by atoms with E-state index >= 15 is 0 Å². The molecule has 1 heterocycles. The third kappa shape index (κ3) is 3.76. The predicted molar refractivity (Wildman–Crippen MR) is 58.4 cm³/mol. The Morgan fingerprint density at radius 3 is 2.79 bits per heavy atom. The van der Waals surface area contributed by atoms with Crippen LogP contribution in [0.4, 0.5) is 0 Å². The fraction of sp³-hybridized carbons (Fsp3) is 0.909. The zero-order valence-corrected chi connectivity index (χ0v) is 9.62. The molecule has 0 amide bonds. The molecule has 1 aliphatic heterocycles. The van der Waals surface area contributed by atoms with Crippen LogP contribution in [0.1, 0.15) is 26.7 Å². The molecule has 0 aromatic rings. The van der Waals surface area contributed by atoms with Crippen molar-refractivity contribution < 1.29 is 4.79 Å². The van der Waals surface area contributed by atoms with Crippen LogP contribution in [0.2, 0.25) is 0 Å². The lowest BCUT2D eigenvalue weighted by Crippen LogP contribution is -2.38. The van der Waals surface area contributed by atoms with E-state index in [-0.39, 0.29) is 0 Å². The maximum absolute atomic E-state index is 10.9. The summed E-state index contributed by atoms with van der Waals surface area (Å²) in [6, 6.07) is 0.585. The molecule has 1 unspecified atom stereocenters. The fourth-order valence-corrected chi connectivity index (χ4v) is 2.06. The van der Waals surface area contributed by atoms with Crippen molar-refractivity contribution in [2.24, 2.45) is 0 Å². The summed E-state index contributed by atoms with van der Waals surface area (Å²) < 4.78 is 0. The molecular formula is C11H22N2O. The van der Waals surface area contributed by atoms with E-state index in [1.165, 1.54) is 13.0 Å². The fourth-order valence-electron chi connectivity index (χ4n) is 2.06. The van der Waals surface area contributed by atoms with Crippen LogP contribution in [0.15, 0.2) is 0 Å². The van der Waals surface area contributed by atoms with E-state index in [0.717, 1.165) is 19.6 Å². The summed E-state index contributed by atoms with van der Waals surface area (Å²) in [5.41, 5.74) is 0. The molecule has 1 aliphatic rings. The Morgan fingerprint density at radius 1 is 1.43 bits per heavy atom. The first-order valence-corrected chi connectivity index (χ1v) is 5.51. The van der Waals surface area contributed by atoms with Gasteiger partial charge in [-0.2, -0.15) is 0 Å². The van der Waals surface area contributed by atoms with Gasteiger partial charge in [-0.05, 0) is 40.4 Å². The molecule has 0 aromatic carbocycles. The van der Waals surface area contributed by atoms with Gasteiger partial charge in [0.1, 0.15) is 5.78 Å². The van der Waals surface area contributed by atoms with Crippen LogP contribution in [-0.4, -0.2) is 54.9 Å². The molecule has 1 rings (SSSR count). The number of Topliss-reactive ketones (excluding diaryl/α,β-unsaturated/α-hetero) is 1. The first-order valence-electron chi connectivity index (χ1n) is 5.51. The SMILES string of the molecule is CC(=O)CCN1CCCN(C)CC1C. The minimum Gasteiger partial charge on any atom is -0.305 e. The first kappa shape index (κ1) is 11.7. The zero-order chi connectivity index (χ0) is 10.6. The van der Waals surface area contributed by atoms with Crippen LogP contribution < -0.4 is 0 Å². The van der Waals surface area contributed by atoms with Gasteiger partial charge in [-0.3, -0.25) is 9.69 Å². The molecule has 0 radical (unpaired) electrons. The van der Waals surface area contributed by atoms with Crippen LogP contribution in [0.5, 0.6) is 0 Å². The van der Waals surface area contributed by atoms with Crippen molar-refractivity contribution in [2.45, 2.75) is 32.7 Å². The average Bonchev–Trinajstić information content (AvgIpc) is 2.23. The lowest BCUT2D eigenvalue weighted by Gasteiger charge is -2.27. The van der Waals surface area contributed by atoms with E-state index in [0.29, 0.717) is 18.2 Å². The topological polar surface area (TPSA) is 23.6 Å².